The highest BCUT2D eigenvalue weighted by Gasteiger charge is 2.23. The fourth-order valence-electron chi connectivity index (χ4n) is 3.99. The minimum absolute atomic E-state index is 0.526. The van der Waals surface area contributed by atoms with Crippen molar-refractivity contribution in [1.82, 2.24) is 14.9 Å². The number of methoxy groups -OCH3 is 1. The first-order valence-corrected chi connectivity index (χ1v) is 9.72. The minimum Gasteiger partial charge on any atom is -0.493 e. The van der Waals surface area contributed by atoms with Crippen LogP contribution in [0.25, 0.3) is 11.0 Å². The quantitative estimate of drug-likeness (QED) is 0.706. The third kappa shape index (κ3) is 3.93. The molecule has 1 saturated heterocycles. The van der Waals surface area contributed by atoms with Crippen LogP contribution >= 0.6 is 0 Å². The van der Waals surface area contributed by atoms with Crippen molar-refractivity contribution in [3.63, 3.8) is 0 Å². The van der Waals surface area contributed by atoms with Crippen LogP contribution in [0.1, 0.15) is 36.9 Å². The van der Waals surface area contributed by atoms with Gasteiger partial charge in [-0.2, -0.15) is 0 Å². The molecule has 0 amide bonds. The number of ether oxygens (including phenoxy) is 2. The van der Waals surface area contributed by atoms with Crippen molar-refractivity contribution in [2.75, 3.05) is 26.8 Å². The average molecular weight is 365 g/mol. The lowest BCUT2D eigenvalue weighted by molar-refractivity contribution is 0.198. The third-order valence-corrected chi connectivity index (χ3v) is 5.29. The molecule has 4 rings (SSSR count). The van der Waals surface area contributed by atoms with Gasteiger partial charge < -0.3 is 14.5 Å². The van der Waals surface area contributed by atoms with Crippen molar-refractivity contribution in [3.8, 4) is 11.5 Å². The molecule has 0 spiro atoms. The molecule has 3 aromatic rings. The second-order valence-corrected chi connectivity index (χ2v) is 7.15. The van der Waals surface area contributed by atoms with Crippen molar-refractivity contribution in [1.29, 1.82) is 0 Å². The molecule has 0 radical (unpaired) electrons. The predicted octanol–water partition coefficient (Wildman–Crippen LogP) is 4.35. The zero-order valence-electron chi connectivity index (χ0n) is 16.1. The highest BCUT2D eigenvalue weighted by atomic mass is 16.5. The molecule has 5 nitrogen and oxygen atoms in total. The second-order valence-electron chi connectivity index (χ2n) is 7.15. The summed E-state index contributed by atoms with van der Waals surface area (Å²) < 4.78 is 11.1. The van der Waals surface area contributed by atoms with Crippen LogP contribution in [-0.4, -0.2) is 41.7 Å². The van der Waals surface area contributed by atoms with E-state index in [9.17, 15) is 0 Å². The molecule has 1 fully saturated rings. The lowest BCUT2D eigenvalue weighted by atomic mass is 9.94. The van der Waals surface area contributed by atoms with Crippen LogP contribution in [0.2, 0.25) is 0 Å². The summed E-state index contributed by atoms with van der Waals surface area (Å²) in [7, 11) is 1.70. The molecule has 0 saturated carbocycles. The summed E-state index contributed by atoms with van der Waals surface area (Å²) in [6, 6.07) is 12.5. The van der Waals surface area contributed by atoms with Crippen LogP contribution in [0, 0.1) is 0 Å². The highest BCUT2D eigenvalue weighted by molar-refractivity contribution is 5.75. The fourth-order valence-corrected chi connectivity index (χ4v) is 3.99. The fraction of sp³-hybridized carbons (Fsp3) is 0.409. The zero-order valence-corrected chi connectivity index (χ0v) is 16.1. The number of aromatic nitrogens is 2. The van der Waals surface area contributed by atoms with E-state index < -0.39 is 0 Å². The van der Waals surface area contributed by atoms with Gasteiger partial charge in [0.2, 0.25) is 0 Å². The number of piperidine rings is 1. The first-order valence-electron chi connectivity index (χ1n) is 9.72. The SMILES string of the molecule is CCOc1ccc(CN2CCC[C@H](c3cc4ncccc4[nH]3)C2)cc1OC. The van der Waals surface area contributed by atoms with Crippen molar-refractivity contribution in [2.45, 2.75) is 32.2 Å². The number of fused-ring (bicyclic) bond motifs is 1. The number of pyridine rings is 1. The Morgan fingerprint density at radius 1 is 1.22 bits per heavy atom. The summed E-state index contributed by atoms with van der Waals surface area (Å²) >= 11 is 0. The Bertz CT molecular complexity index is 872. The summed E-state index contributed by atoms with van der Waals surface area (Å²) in [5.74, 6) is 2.15. The molecule has 1 atom stereocenters. The number of benzene rings is 1. The molecule has 5 heteroatoms. The molecule has 0 aliphatic carbocycles. The van der Waals surface area contributed by atoms with Crippen molar-refractivity contribution < 1.29 is 9.47 Å². The highest BCUT2D eigenvalue weighted by Crippen LogP contribution is 2.31. The zero-order chi connectivity index (χ0) is 18.6. The Morgan fingerprint density at radius 3 is 2.96 bits per heavy atom. The van der Waals surface area contributed by atoms with E-state index >= 15 is 0 Å². The van der Waals surface area contributed by atoms with Gasteiger partial charge in [0.25, 0.3) is 0 Å². The second kappa shape index (κ2) is 8.01. The van der Waals surface area contributed by atoms with E-state index in [1.54, 1.807) is 7.11 Å². The molecule has 1 aromatic carbocycles. The molecule has 2 aromatic heterocycles. The molecule has 0 unspecified atom stereocenters. The van der Waals surface area contributed by atoms with Crippen LogP contribution in [0.3, 0.4) is 0 Å². The molecule has 0 bridgehead atoms. The van der Waals surface area contributed by atoms with Gasteiger partial charge in [0.05, 0.1) is 24.8 Å². The van der Waals surface area contributed by atoms with Gasteiger partial charge in [-0.1, -0.05) is 6.07 Å². The number of nitrogens with one attached hydrogen (secondary N) is 1. The number of likely N-dealkylation sites (tertiary alicyclic amines) is 1. The van der Waals surface area contributed by atoms with Gasteiger partial charge >= 0.3 is 0 Å². The topological polar surface area (TPSA) is 50.4 Å². The number of hydrogen-bond acceptors (Lipinski definition) is 4. The smallest absolute Gasteiger partial charge is 0.161 e. The van der Waals surface area contributed by atoms with E-state index in [4.69, 9.17) is 9.47 Å². The summed E-state index contributed by atoms with van der Waals surface area (Å²) in [6.07, 6.45) is 4.28. The van der Waals surface area contributed by atoms with Gasteiger partial charge in [-0.05, 0) is 62.2 Å². The summed E-state index contributed by atoms with van der Waals surface area (Å²) in [4.78, 5) is 10.5. The summed E-state index contributed by atoms with van der Waals surface area (Å²) in [5.41, 5.74) is 4.74. The van der Waals surface area contributed by atoms with Crippen molar-refractivity contribution >= 4 is 11.0 Å². The Kier molecular flexibility index (Phi) is 5.30. The number of H-pyrrole nitrogens is 1. The lowest BCUT2D eigenvalue weighted by Gasteiger charge is -2.32. The Labute approximate surface area is 160 Å². The standard InChI is InChI=1S/C22H27N3O2/c1-3-27-21-9-8-16(12-22(21)26-2)14-25-11-5-6-17(15-25)19-13-20-18(24-19)7-4-10-23-20/h4,7-10,12-13,17,24H,3,5-6,11,14-15H2,1-2H3/t17-/m0/s1. The van der Waals surface area contributed by atoms with Gasteiger partial charge in [0.1, 0.15) is 0 Å². The number of rotatable bonds is 6. The van der Waals surface area contributed by atoms with E-state index in [0.29, 0.717) is 12.5 Å². The molecular weight excluding hydrogens is 338 g/mol. The summed E-state index contributed by atoms with van der Waals surface area (Å²) in [6.45, 7) is 5.74. The van der Waals surface area contributed by atoms with Gasteiger partial charge in [0, 0.05) is 30.9 Å². The van der Waals surface area contributed by atoms with Crippen LogP contribution in [0.4, 0.5) is 0 Å². The molecule has 3 heterocycles. The van der Waals surface area contributed by atoms with E-state index in [1.165, 1.54) is 24.1 Å². The molecule has 1 aliphatic heterocycles. The van der Waals surface area contributed by atoms with Crippen molar-refractivity contribution in [2.24, 2.45) is 0 Å². The van der Waals surface area contributed by atoms with Crippen LogP contribution in [-0.2, 0) is 6.54 Å². The third-order valence-electron chi connectivity index (χ3n) is 5.29. The maximum atomic E-state index is 5.63. The van der Waals surface area contributed by atoms with Crippen LogP contribution < -0.4 is 9.47 Å². The van der Waals surface area contributed by atoms with E-state index in [-0.39, 0.29) is 0 Å². The van der Waals surface area contributed by atoms with E-state index in [0.717, 1.165) is 42.2 Å². The first-order chi connectivity index (χ1) is 13.3. The first kappa shape index (κ1) is 17.9. The molecular formula is C22H27N3O2. The van der Waals surface area contributed by atoms with Crippen LogP contribution in [0.5, 0.6) is 11.5 Å². The number of nitrogens with zero attached hydrogens (tertiary/aromatic N) is 2. The molecule has 1 N–H and O–H groups in total. The molecule has 1 aliphatic rings. The molecule has 27 heavy (non-hydrogen) atoms. The van der Waals surface area contributed by atoms with E-state index in [2.05, 4.69) is 39.1 Å². The van der Waals surface area contributed by atoms with Crippen LogP contribution in [0.15, 0.2) is 42.6 Å². The Balaban J connectivity index is 1.47. The van der Waals surface area contributed by atoms with E-state index in [1.807, 2.05) is 25.3 Å². The van der Waals surface area contributed by atoms with Gasteiger partial charge in [-0.25, -0.2) is 0 Å². The van der Waals surface area contributed by atoms with Gasteiger partial charge in [0.15, 0.2) is 11.5 Å². The summed E-state index contributed by atoms with van der Waals surface area (Å²) in [5, 5.41) is 0. The molecule has 142 valence electrons. The lowest BCUT2D eigenvalue weighted by Crippen LogP contribution is -2.34. The Morgan fingerprint density at radius 2 is 2.15 bits per heavy atom. The van der Waals surface area contributed by atoms with Gasteiger partial charge in [-0.15, -0.1) is 0 Å². The monoisotopic (exact) mass is 365 g/mol. The largest absolute Gasteiger partial charge is 0.493 e. The number of hydrogen-bond donors (Lipinski definition) is 1. The average Bonchev–Trinajstić information content (AvgIpc) is 3.14. The number of aromatic amines is 1. The maximum Gasteiger partial charge on any atom is 0.161 e. The normalized spacial score (nSPS) is 17.9. The van der Waals surface area contributed by atoms with Crippen molar-refractivity contribution in [3.05, 3.63) is 53.9 Å². The maximum absolute atomic E-state index is 5.63. The van der Waals surface area contributed by atoms with Gasteiger partial charge in [-0.3, -0.25) is 9.88 Å². The Hall–Kier alpha value is -2.53. The predicted molar refractivity (Wildman–Crippen MR) is 108 cm³/mol. The minimum atomic E-state index is 0.526.